The van der Waals surface area contributed by atoms with E-state index < -0.39 is 8.80 Å². The fourth-order valence-corrected chi connectivity index (χ4v) is 3.02. The summed E-state index contributed by atoms with van der Waals surface area (Å²) < 4.78 is 30.7. The van der Waals surface area contributed by atoms with E-state index in [1.54, 1.807) is 28.4 Å². The molecule has 1 aliphatic rings. The highest BCUT2D eigenvalue weighted by Crippen LogP contribution is 2.15. The Morgan fingerprint density at radius 2 is 1.67 bits per heavy atom. The van der Waals surface area contributed by atoms with E-state index >= 15 is 0 Å². The molecule has 1 unspecified atom stereocenters. The maximum absolute atomic E-state index is 5.42. The lowest BCUT2D eigenvalue weighted by Gasteiger charge is -2.24. The summed E-state index contributed by atoms with van der Waals surface area (Å²) in [5.41, 5.74) is 0. The molecule has 0 bridgehead atoms. The van der Waals surface area contributed by atoms with Gasteiger partial charge in [0.25, 0.3) is 0 Å². The Labute approximate surface area is 114 Å². The lowest BCUT2D eigenvalue weighted by Crippen LogP contribution is -2.42. The zero-order chi connectivity index (χ0) is 13.9. The second kappa shape index (κ2) is 11.1. The smallest absolute Gasteiger partial charge is 0.431 e. The molecule has 0 saturated carbocycles. The monoisotopic (exact) mass is 298 g/mol. The molecule has 0 aromatic heterocycles. The Morgan fingerprint density at radius 1 is 1.17 bits per heavy atom. The third-order valence-corrected chi connectivity index (χ3v) is 5.24. The molecule has 0 N–H and O–H groups in total. The average molecular weight is 298 g/mol. The van der Waals surface area contributed by atoms with E-state index in [0.717, 1.165) is 29.6 Å². The second-order valence-electron chi connectivity index (χ2n) is 3.84. The van der Waals surface area contributed by atoms with Crippen molar-refractivity contribution in [1.29, 1.82) is 0 Å². The number of hydrogen-bond acceptors (Lipinski definition) is 6. The summed E-state index contributed by atoms with van der Waals surface area (Å²) in [5.74, 6) is 0. The Bertz CT molecular complexity index is 179. The molecule has 0 radical (unpaired) electrons. The zero-order valence-electron chi connectivity index (χ0n) is 12.1. The summed E-state index contributed by atoms with van der Waals surface area (Å²) in [6.07, 6.45) is 1.22. The Balaban J connectivity index is 0.000000873. The predicted molar refractivity (Wildman–Crippen MR) is 73.7 cm³/mol. The first kappa shape index (κ1) is 18.2. The molecule has 6 nitrogen and oxygen atoms in total. The van der Waals surface area contributed by atoms with Gasteiger partial charge in [-0.15, -0.1) is 0 Å². The molecule has 8 heteroatoms. The second-order valence-corrected chi connectivity index (χ2v) is 7.74. The van der Waals surface area contributed by atoms with Crippen LogP contribution in [0, 0.1) is 0 Å². The van der Waals surface area contributed by atoms with Crippen molar-refractivity contribution in [3.05, 3.63) is 0 Å². The van der Waals surface area contributed by atoms with Crippen molar-refractivity contribution >= 4 is 19.3 Å². The minimum Gasteiger partial charge on any atom is -0.431 e. The van der Waals surface area contributed by atoms with Crippen LogP contribution in [0.25, 0.3) is 0 Å². The molecule has 1 heterocycles. The molecule has 0 spiro atoms. The van der Waals surface area contributed by atoms with Crippen molar-refractivity contribution < 1.29 is 27.2 Å². The van der Waals surface area contributed by atoms with Gasteiger partial charge in [-0.25, -0.2) is 0 Å². The molecule has 0 aliphatic carbocycles. The van der Waals surface area contributed by atoms with Gasteiger partial charge in [0, 0.05) is 41.1 Å². The van der Waals surface area contributed by atoms with E-state index in [-0.39, 0.29) is 0 Å². The molecule has 1 aliphatic heterocycles. The van der Waals surface area contributed by atoms with Crippen molar-refractivity contribution in [3.63, 3.8) is 0 Å². The molecule has 1 rings (SSSR count). The first-order valence-corrected chi connectivity index (χ1v) is 8.67. The summed E-state index contributed by atoms with van der Waals surface area (Å²) in [6.45, 7) is 2.24. The number of rotatable bonds is 9. The highest BCUT2D eigenvalue weighted by atomic mass is 28.4. The molecule has 18 heavy (non-hydrogen) atoms. The van der Waals surface area contributed by atoms with Gasteiger partial charge >= 0.3 is 8.80 Å². The van der Waals surface area contributed by atoms with Crippen molar-refractivity contribution in [3.8, 4) is 0 Å². The lowest BCUT2D eigenvalue weighted by atomic mass is 10.5. The van der Waals surface area contributed by atoms with Crippen LogP contribution in [0.1, 0.15) is 6.42 Å². The van der Waals surface area contributed by atoms with Gasteiger partial charge in [-0.05, 0) is 6.42 Å². The average Bonchev–Trinajstić information content (AvgIpc) is 3.20. The van der Waals surface area contributed by atoms with Gasteiger partial charge in [-0.1, -0.05) is 0 Å². The summed E-state index contributed by atoms with van der Waals surface area (Å²) in [6, 6.07) is 0.780. The van der Waals surface area contributed by atoms with Gasteiger partial charge in [0.2, 0.25) is 0 Å². The van der Waals surface area contributed by atoms with Crippen LogP contribution in [-0.4, -0.2) is 73.7 Å². The maximum Gasteiger partial charge on any atom is 0.500 e. The summed E-state index contributed by atoms with van der Waals surface area (Å²) in [5, 5.41) is 0. The standard InChI is InChI=1S/C9H20O5Si.CH6OSi/c1-10-15(11-2,12-3)6-4-5-13-7-9-8-14-9;1-2-3/h9H,4-8H2,1-3H3;1,3H3. The molecular formula is C10H26O6Si2. The zero-order valence-corrected chi connectivity index (χ0v) is 15.1. The van der Waals surface area contributed by atoms with Crippen LogP contribution in [0.2, 0.25) is 6.04 Å². The third kappa shape index (κ3) is 8.32. The summed E-state index contributed by atoms with van der Waals surface area (Å²) in [4.78, 5) is 0. The van der Waals surface area contributed by atoms with Crippen LogP contribution in [0.15, 0.2) is 0 Å². The largest absolute Gasteiger partial charge is 0.500 e. The van der Waals surface area contributed by atoms with Gasteiger partial charge in [-0.2, -0.15) is 0 Å². The third-order valence-electron chi connectivity index (χ3n) is 2.41. The van der Waals surface area contributed by atoms with Gasteiger partial charge in [-0.3, -0.25) is 0 Å². The fraction of sp³-hybridized carbons (Fsp3) is 1.00. The van der Waals surface area contributed by atoms with Crippen LogP contribution in [0.4, 0.5) is 0 Å². The molecule has 110 valence electrons. The van der Waals surface area contributed by atoms with Crippen LogP contribution in [0.5, 0.6) is 0 Å². The van der Waals surface area contributed by atoms with E-state index in [1.165, 1.54) is 0 Å². The Morgan fingerprint density at radius 3 is 2.06 bits per heavy atom. The first-order chi connectivity index (χ1) is 8.67. The van der Waals surface area contributed by atoms with E-state index in [1.807, 2.05) is 0 Å². The van der Waals surface area contributed by atoms with Crippen molar-refractivity contribution in [2.75, 3.05) is 48.3 Å². The molecule has 1 saturated heterocycles. The number of epoxide rings is 1. The summed E-state index contributed by atoms with van der Waals surface area (Å²) >= 11 is 0. The van der Waals surface area contributed by atoms with E-state index in [0.29, 0.717) is 19.3 Å². The van der Waals surface area contributed by atoms with Gasteiger partial charge in [0.1, 0.15) is 16.6 Å². The van der Waals surface area contributed by atoms with Crippen molar-refractivity contribution in [2.45, 2.75) is 18.6 Å². The van der Waals surface area contributed by atoms with Crippen LogP contribution in [0.3, 0.4) is 0 Å². The van der Waals surface area contributed by atoms with Crippen LogP contribution in [-0.2, 0) is 27.2 Å². The van der Waals surface area contributed by atoms with Crippen molar-refractivity contribution in [1.82, 2.24) is 0 Å². The molecule has 0 amide bonds. The topological polar surface area (TPSA) is 58.7 Å². The van der Waals surface area contributed by atoms with E-state index in [9.17, 15) is 0 Å². The molecule has 1 atom stereocenters. The minimum absolute atomic E-state index is 0.333. The highest BCUT2D eigenvalue weighted by molar-refractivity contribution is 6.60. The van der Waals surface area contributed by atoms with Crippen molar-refractivity contribution in [2.24, 2.45) is 0 Å². The quantitative estimate of drug-likeness (QED) is 0.327. The number of ether oxygens (including phenoxy) is 2. The van der Waals surface area contributed by atoms with Crippen LogP contribution >= 0.6 is 0 Å². The maximum atomic E-state index is 5.42. The minimum atomic E-state index is -2.39. The SMILES string of the molecule is CO[SiH3].CO[Si](CCCOCC1CO1)(OC)OC. The highest BCUT2D eigenvalue weighted by Gasteiger charge is 2.36. The van der Waals surface area contributed by atoms with Crippen LogP contribution < -0.4 is 0 Å². The molecule has 0 aromatic carbocycles. The van der Waals surface area contributed by atoms with Gasteiger partial charge < -0.3 is 27.2 Å². The Hall–Kier alpha value is 0.194. The number of hydrogen-bond donors (Lipinski definition) is 0. The van der Waals surface area contributed by atoms with Gasteiger partial charge in [0.05, 0.1) is 13.2 Å². The molecule has 1 fully saturated rings. The predicted octanol–water partition coefficient (Wildman–Crippen LogP) is -0.417. The molecular weight excluding hydrogens is 272 g/mol. The van der Waals surface area contributed by atoms with E-state index in [4.69, 9.17) is 22.8 Å². The Kier molecular flexibility index (Phi) is 11.2. The first-order valence-electron chi connectivity index (χ1n) is 5.93. The van der Waals surface area contributed by atoms with Gasteiger partial charge in [0.15, 0.2) is 0 Å². The normalized spacial score (nSPS) is 18.3. The molecule has 0 aromatic rings. The summed E-state index contributed by atoms with van der Waals surface area (Å²) in [7, 11) is 5.03. The lowest BCUT2D eigenvalue weighted by molar-refractivity contribution is 0.100. The fourth-order valence-electron chi connectivity index (χ4n) is 1.33. The van der Waals surface area contributed by atoms with E-state index in [2.05, 4.69) is 4.43 Å².